The van der Waals surface area contributed by atoms with Gasteiger partial charge in [-0.05, 0) is 38.8 Å². The molecule has 2 rings (SSSR count). The van der Waals surface area contributed by atoms with Crippen LogP contribution in [0.25, 0.3) is 0 Å². The van der Waals surface area contributed by atoms with Crippen LogP contribution in [-0.2, 0) is 33.9 Å². The first-order valence-electron chi connectivity index (χ1n) is 9.79. The summed E-state index contributed by atoms with van der Waals surface area (Å²) in [7, 11) is -4.27. The molecule has 1 aromatic carbocycles. The highest BCUT2D eigenvalue weighted by molar-refractivity contribution is 7.89. The molecule has 0 bridgehead atoms. The second kappa shape index (κ2) is 9.88. The van der Waals surface area contributed by atoms with Gasteiger partial charge in [-0.1, -0.05) is 30.7 Å². The lowest BCUT2D eigenvalue weighted by Gasteiger charge is -2.37. The minimum Gasteiger partial charge on any atom is -0.466 e. The highest BCUT2D eigenvalue weighted by Gasteiger charge is 2.44. The van der Waals surface area contributed by atoms with Crippen LogP contribution in [-0.4, -0.2) is 49.8 Å². The predicted octanol–water partition coefficient (Wildman–Crippen LogP) is 2.36. The van der Waals surface area contributed by atoms with E-state index >= 15 is 0 Å². The molecule has 1 aliphatic heterocycles. The number of hydrogen-bond donors (Lipinski definition) is 0. The van der Waals surface area contributed by atoms with Crippen molar-refractivity contribution in [1.29, 1.82) is 0 Å². The molecule has 0 radical (unpaired) electrons. The van der Waals surface area contributed by atoms with Crippen molar-refractivity contribution in [2.24, 2.45) is 5.92 Å². The zero-order valence-corrected chi connectivity index (χ0v) is 18.4. The van der Waals surface area contributed by atoms with Crippen LogP contribution in [0.3, 0.4) is 0 Å². The molecule has 0 spiro atoms. The summed E-state index contributed by atoms with van der Waals surface area (Å²) in [5.74, 6) is -2.57. The van der Waals surface area contributed by atoms with Gasteiger partial charge in [0.1, 0.15) is 0 Å². The molecule has 1 amide bonds. The smallest absolute Gasteiger partial charge is 0.310 e. The van der Waals surface area contributed by atoms with Gasteiger partial charge in [0.15, 0.2) is 0 Å². The van der Waals surface area contributed by atoms with Gasteiger partial charge in [-0.2, -0.15) is 0 Å². The molecule has 9 heteroatoms. The Bertz CT molecular complexity index is 935. The summed E-state index contributed by atoms with van der Waals surface area (Å²) in [6.07, 6.45) is 0.905. The van der Waals surface area contributed by atoms with Gasteiger partial charge in [0.2, 0.25) is 0 Å². The summed E-state index contributed by atoms with van der Waals surface area (Å²) < 4.78 is 37.3. The normalized spacial score (nSPS) is 19.3. The standard InChI is InChI=1S/C21H27NO7S/c1-5-28-19(23)12-16-11-15(4)18(13-20(24)29-6-2)22(21(16)25)30(26,27)17-9-7-14(3)8-10-17/h7-11,15,18H,5-6,12-13H2,1-4H3/t15-,18+/m0/s1. The van der Waals surface area contributed by atoms with Crippen LogP contribution in [0.2, 0.25) is 0 Å². The second-order valence-electron chi connectivity index (χ2n) is 7.03. The molecule has 0 aromatic heterocycles. The highest BCUT2D eigenvalue weighted by Crippen LogP contribution is 2.32. The van der Waals surface area contributed by atoms with Gasteiger partial charge in [-0.25, -0.2) is 12.7 Å². The lowest BCUT2D eigenvalue weighted by molar-refractivity contribution is -0.146. The highest BCUT2D eigenvalue weighted by atomic mass is 32.2. The molecule has 0 saturated carbocycles. The Kier molecular flexibility index (Phi) is 7.77. The Morgan fingerprint density at radius 2 is 1.60 bits per heavy atom. The van der Waals surface area contributed by atoms with Crippen molar-refractivity contribution in [3.63, 3.8) is 0 Å². The van der Waals surface area contributed by atoms with Gasteiger partial charge in [0.05, 0.1) is 37.0 Å². The maximum Gasteiger partial charge on any atom is 0.310 e. The lowest BCUT2D eigenvalue weighted by Crippen LogP contribution is -2.51. The number of ether oxygens (including phenoxy) is 2. The fraction of sp³-hybridized carbons (Fsp3) is 0.476. The summed E-state index contributed by atoms with van der Waals surface area (Å²) in [6.45, 7) is 7.08. The van der Waals surface area contributed by atoms with Crippen molar-refractivity contribution in [2.75, 3.05) is 13.2 Å². The third kappa shape index (κ3) is 5.27. The molecule has 1 heterocycles. The zero-order chi connectivity index (χ0) is 22.5. The molecular formula is C21H27NO7S. The number of nitrogens with zero attached hydrogens (tertiary/aromatic N) is 1. The molecule has 0 fully saturated rings. The lowest BCUT2D eigenvalue weighted by atomic mass is 9.91. The molecular weight excluding hydrogens is 410 g/mol. The van der Waals surface area contributed by atoms with Crippen molar-refractivity contribution < 1.29 is 32.3 Å². The molecule has 8 nitrogen and oxygen atoms in total. The molecule has 0 aliphatic carbocycles. The topological polar surface area (TPSA) is 107 Å². The van der Waals surface area contributed by atoms with Crippen LogP contribution < -0.4 is 0 Å². The Morgan fingerprint density at radius 3 is 2.17 bits per heavy atom. The molecule has 0 unspecified atom stereocenters. The van der Waals surface area contributed by atoms with Crippen LogP contribution in [0.4, 0.5) is 0 Å². The fourth-order valence-electron chi connectivity index (χ4n) is 3.28. The van der Waals surface area contributed by atoms with E-state index in [0.29, 0.717) is 4.31 Å². The van der Waals surface area contributed by atoms with E-state index in [1.807, 2.05) is 6.92 Å². The number of aryl methyl sites for hydroxylation is 1. The third-order valence-electron chi connectivity index (χ3n) is 4.75. The van der Waals surface area contributed by atoms with Gasteiger partial charge in [-0.3, -0.25) is 14.4 Å². The number of hydrogen-bond acceptors (Lipinski definition) is 7. The van der Waals surface area contributed by atoms with Gasteiger partial charge >= 0.3 is 11.9 Å². The average Bonchev–Trinajstić information content (AvgIpc) is 2.66. The minimum absolute atomic E-state index is 0.0248. The van der Waals surface area contributed by atoms with E-state index in [2.05, 4.69) is 0 Å². The summed E-state index contributed by atoms with van der Waals surface area (Å²) in [6, 6.07) is 5.11. The molecule has 0 saturated heterocycles. The number of sulfonamides is 1. The van der Waals surface area contributed by atoms with Gasteiger partial charge < -0.3 is 9.47 Å². The summed E-state index contributed by atoms with van der Waals surface area (Å²) in [5.41, 5.74) is 0.884. The van der Waals surface area contributed by atoms with E-state index in [1.165, 1.54) is 18.2 Å². The van der Waals surface area contributed by atoms with Gasteiger partial charge in [0.25, 0.3) is 15.9 Å². The van der Waals surface area contributed by atoms with E-state index in [1.54, 1.807) is 32.9 Å². The molecule has 164 valence electrons. The van der Waals surface area contributed by atoms with Crippen LogP contribution in [0.5, 0.6) is 0 Å². The number of carbonyl (C=O) groups excluding carboxylic acids is 3. The first-order chi connectivity index (χ1) is 14.1. The quantitative estimate of drug-likeness (QED) is 0.575. The van der Waals surface area contributed by atoms with Crippen molar-refractivity contribution >= 4 is 27.9 Å². The molecule has 0 N–H and O–H groups in total. The van der Waals surface area contributed by atoms with E-state index < -0.39 is 39.8 Å². The van der Waals surface area contributed by atoms with Gasteiger partial charge in [-0.15, -0.1) is 0 Å². The monoisotopic (exact) mass is 437 g/mol. The maximum atomic E-state index is 13.4. The van der Waals surface area contributed by atoms with Crippen LogP contribution in [0.1, 0.15) is 39.2 Å². The molecule has 1 aliphatic rings. The van der Waals surface area contributed by atoms with E-state index in [0.717, 1.165) is 5.56 Å². The molecule has 30 heavy (non-hydrogen) atoms. The average molecular weight is 438 g/mol. The first-order valence-corrected chi connectivity index (χ1v) is 11.2. The van der Waals surface area contributed by atoms with E-state index in [-0.39, 0.29) is 36.5 Å². The number of rotatable bonds is 8. The van der Waals surface area contributed by atoms with Crippen molar-refractivity contribution in [3.8, 4) is 0 Å². The number of benzene rings is 1. The summed E-state index contributed by atoms with van der Waals surface area (Å²) in [4.78, 5) is 37.1. The van der Waals surface area contributed by atoms with Crippen LogP contribution in [0, 0.1) is 12.8 Å². The number of esters is 2. The van der Waals surface area contributed by atoms with Crippen molar-refractivity contribution in [2.45, 2.75) is 51.5 Å². The Morgan fingerprint density at radius 1 is 1.03 bits per heavy atom. The van der Waals surface area contributed by atoms with Crippen molar-refractivity contribution in [1.82, 2.24) is 4.31 Å². The zero-order valence-electron chi connectivity index (χ0n) is 17.6. The fourth-order valence-corrected chi connectivity index (χ4v) is 4.94. The summed E-state index contributed by atoms with van der Waals surface area (Å²) in [5, 5.41) is 0. The van der Waals surface area contributed by atoms with Crippen LogP contribution in [0.15, 0.2) is 40.8 Å². The first kappa shape index (κ1) is 23.6. The maximum absolute atomic E-state index is 13.4. The predicted molar refractivity (Wildman–Crippen MR) is 109 cm³/mol. The Balaban J connectivity index is 2.49. The number of amides is 1. The van der Waals surface area contributed by atoms with Crippen molar-refractivity contribution in [3.05, 3.63) is 41.5 Å². The summed E-state index contributed by atoms with van der Waals surface area (Å²) >= 11 is 0. The van der Waals surface area contributed by atoms with E-state index in [4.69, 9.17) is 9.47 Å². The van der Waals surface area contributed by atoms with Gasteiger partial charge in [0, 0.05) is 5.57 Å². The Labute approximate surface area is 176 Å². The van der Waals surface area contributed by atoms with Crippen LogP contribution >= 0.6 is 0 Å². The molecule has 1 aromatic rings. The SMILES string of the molecule is CCOC(=O)CC1=C[C@H](C)[C@@H](CC(=O)OCC)N(S(=O)(=O)c2ccc(C)cc2)C1=O. The largest absolute Gasteiger partial charge is 0.466 e. The second-order valence-corrected chi connectivity index (χ2v) is 8.84. The number of carbonyl (C=O) groups is 3. The minimum atomic E-state index is -4.27. The Hall–Kier alpha value is -2.68. The van der Waals surface area contributed by atoms with E-state index in [9.17, 15) is 22.8 Å². The molecule has 2 atom stereocenters. The third-order valence-corrected chi connectivity index (χ3v) is 6.57.